The molecule has 1 aromatic rings. The molecule has 0 fully saturated rings. The zero-order valence-electron chi connectivity index (χ0n) is 11.3. The topological polar surface area (TPSA) is 39.2 Å². The van der Waals surface area contributed by atoms with Crippen LogP contribution in [0.15, 0.2) is 21.8 Å². The van der Waals surface area contributed by atoms with Crippen LogP contribution in [0.3, 0.4) is 0 Å². The fourth-order valence-corrected chi connectivity index (χ4v) is 2.38. The van der Waals surface area contributed by atoms with Crippen molar-refractivity contribution in [3.63, 3.8) is 0 Å². The van der Waals surface area contributed by atoms with E-state index in [2.05, 4.69) is 34.8 Å². The van der Waals surface area contributed by atoms with Gasteiger partial charge >= 0.3 is 5.97 Å². The van der Waals surface area contributed by atoms with Gasteiger partial charge in [0.25, 0.3) is 0 Å². The zero-order chi connectivity index (χ0) is 13.9. The molecule has 0 amide bonds. The average Bonchev–Trinajstić information content (AvgIpc) is 2.17. The Kier molecular flexibility index (Phi) is 5.22. The van der Waals surface area contributed by atoms with Crippen LogP contribution in [0.4, 0.5) is 0 Å². The zero-order valence-corrected chi connectivity index (χ0v) is 13.7. The van der Waals surface area contributed by atoms with Gasteiger partial charge in [0.05, 0.1) is 5.56 Å². The van der Waals surface area contributed by atoms with Gasteiger partial charge in [-0.15, -0.1) is 11.8 Å². The molecule has 5 heteroatoms. The smallest absolute Gasteiger partial charge is 0.341 e. The highest BCUT2D eigenvalue weighted by molar-refractivity contribution is 9.10. The third-order valence-electron chi connectivity index (χ3n) is 1.78. The summed E-state index contributed by atoms with van der Waals surface area (Å²) in [6.07, 6.45) is 1.69. The van der Waals surface area contributed by atoms with Crippen molar-refractivity contribution in [1.82, 2.24) is 4.98 Å². The van der Waals surface area contributed by atoms with E-state index in [-0.39, 0.29) is 5.97 Å². The van der Waals surface area contributed by atoms with Gasteiger partial charge in [-0.2, -0.15) is 0 Å². The second-order valence-electron chi connectivity index (χ2n) is 5.17. The summed E-state index contributed by atoms with van der Waals surface area (Å²) in [7, 11) is 0. The maximum absolute atomic E-state index is 12.1. The molecule has 0 spiro atoms. The van der Waals surface area contributed by atoms with Gasteiger partial charge in [-0.1, -0.05) is 13.8 Å². The molecule has 1 heterocycles. The molecule has 3 nitrogen and oxygen atoms in total. The quantitative estimate of drug-likeness (QED) is 0.611. The first-order valence-corrected chi connectivity index (χ1v) is 7.42. The molecule has 0 radical (unpaired) electrons. The SMILES string of the molecule is CC(C)Sc1ncc(Br)cc1C(=O)OC(C)(C)C. The van der Waals surface area contributed by atoms with E-state index in [0.717, 1.165) is 4.47 Å². The number of aromatic nitrogens is 1. The summed E-state index contributed by atoms with van der Waals surface area (Å²) in [4.78, 5) is 16.4. The number of pyridine rings is 1. The predicted octanol–water partition coefficient (Wildman–Crippen LogP) is 4.30. The number of thioether (sulfide) groups is 1. The highest BCUT2D eigenvalue weighted by Crippen LogP contribution is 2.28. The molecular formula is C13H18BrNO2S. The molecule has 0 N–H and O–H groups in total. The van der Waals surface area contributed by atoms with Gasteiger partial charge in [0, 0.05) is 15.9 Å². The van der Waals surface area contributed by atoms with Crippen LogP contribution in [0.5, 0.6) is 0 Å². The number of carbonyl (C=O) groups excluding carboxylic acids is 1. The highest BCUT2D eigenvalue weighted by Gasteiger charge is 2.22. The molecule has 0 saturated carbocycles. The molecule has 0 atom stereocenters. The van der Waals surface area contributed by atoms with Crippen molar-refractivity contribution in [1.29, 1.82) is 0 Å². The van der Waals surface area contributed by atoms with Crippen molar-refractivity contribution in [3.8, 4) is 0 Å². The van der Waals surface area contributed by atoms with Crippen LogP contribution >= 0.6 is 27.7 Å². The Morgan fingerprint density at radius 2 is 2.06 bits per heavy atom. The van der Waals surface area contributed by atoms with Crippen LogP contribution in [-0.2, 0) is 4.74 Å². The van der Waals surface area contributed by atoms with E-state index in [1.54, 1.807) is 24.0 Å². The molecule has 0 aliphatic rings. The Labute approximate surface area is 121 Å². The lowest BCUT2D eigenvalue weighted by Crippen LogP contribution is -2.24. The van der Waals surface area contributed by atoms with Crippen LogP contribution in [0.1, 0.15) is 45.0 Å². The Hall–Kier alpha value is -0.550. The second-order valence-corrected chi connectivity index (χ2v) is 7.66. The third kappa shape index (κ3) is 4.98. The van der Waals surface area contributed by atoms with Crippen LogP contribution in [-0.4, -0.2) is 21.8 Å². The summed E-state index contributed by atoms with van der Waals surface area (Å²) < 4.78 is 6.16. The van der Waals surface area contributed by atoms with Crippen molar-refractivity contribution in [2.75, 3.05) is 0 Å². The molecule has 0 aromatic carbocycles. The summed E-state index contributed by atoms with van der Waals surface area (Å²) >= 11 is 4.89. The molecule has 18 heavy (non-hydrogen) atoms. The summed E-state index contributed by atoms with van der Waals surface area (Å²) in [5, 5.41) is 1.07. The van der Waals surface area contributed by atoms with E-state index in [0.29, 0.717) is 15.8 Å². The van der Waals surface area contributed by atoms with Crippen molar-refractivity contribution in [2.45, 2.75) is 50.5 Å². The van der Waals surface area contributed by atoms with Gasteiger partial charge in [0.15, 0.2) is 0 Å². The molecular weight excluding hydrogens is 314 g/mol. The van der Waals surface area contributed by atoms with Gasteiger partial charge in [0.1, 0.15) is 10.6 Å². The van der Waals surface area contributed by atoms with E-state index in [1.165, 1.54) is 0 Å². The van der Waals surface area contributed by atoms with E-state index < -0.39 is 5.60 Å². The Balaban J connectivity index is 3.05. The minimum atomic E-state index is -0.501. The standard InChI is InChI=1S/C13H18BrNO2S/c1-8(2)18-11-10(6-9(14)7-15-11)12(16)17-13(3,4)5/h6-8H,1-5H3. The first-order chi connectivity index (χ1) is 8.19. The van der Waals surface area contributed by atoms with E-state index >= 15 is 0 Å². The Bertz CT molecular complexity index is 441. The highest BCUT2D eigenvalue weighted by atomic mass is 79.9. The molecule has 0 aliphatic carbocycles. The minimum absolute atomic E-state index is 0.334. The van der Waals surface area contributed by atoms with E-state index in [1.807, 2.05) is 20.8 Å². The van der Waals surface area contributed by atoms with Crippen LogP contribution < -0.4 is 0 Å². The predicted molar refractivity (Wildman–Crippen MR) is 78.1 cm³/mol. The number of ether oxygens (including phenoxy) is 1. The Morgan fingerprint density at radius 3 is 2.56 bits per heavy atom. The lowest BCUT2D eigenvalue weighted by atomic mass is 10.2. The Morgan fingerprint density at radius 1 is 1.44 bits per heavy atom. The molecule has 1 aromatic heterocycles. The summed E-state index contributed by atoms with van der Waals surface area (Å²) in [6, 6.07) is 1.76. The summed E-state index contributed by atoms with van der Waals surface area (Å²) in [5.41, 5.74) is 0.0112. The molecule has 0 aliphatic heterocycles. The van der Waals surface area contributed by atoms with Gasteiger partial charge in [-0.05, 0) is 42.8 Å². The van der Waals surface area contributed by atoms with Gasteiger partial charge in [0.2, 0.25) is 0 Å². The molecule has 0 bridgehead atoms. The average molecular weight is 332 g/mol. The van der Waals surface area contributed by atoms with Crippen molar-refractivity contribution < 1.29 is 9.53 Å². The molecule has 0 saturated heterocycles. The van der Waals surface area contributed by atoms with E-state index in [9.17, 15) is 4.79 Å². The fourth-order valence-electron chi connectivity index (χ4n) is 1.22. The van der Waals surface area contributed by atoms with E-state index in [4.69, 9.17) is 4.74 Å². The van der Waals surface area contributed by atoms with Gasteiger partial charge < -0.3 is 4.74 Å². The van der Waals surface area contributed by atoms with Crippen LogP contribution in [0.25, 0.3) is 0 Å². The number of hydrogen-bond donors (Lipinski definition) is 0. The lowest BCUT2D eigenvalue weighted by Gasteiger charge is -2.20. The number of nitrogens with zero attached hydrogens (tertiary/aromatic N) is 1. The van der Waals surface area contributed by atoms with Gasteiger partial charge in [-0.25, -0.2) is 9.78 Å². The van der Waals surface area contributed by atoms with Crippen molar-refractivity contribution >= 4 is 33.7 Å². The first-order valence-electron chi connectivity index (χ1n) is 5.74. The molecule has 100 valence electrons. The number of carbonyl (C=O) groups is 1. The van der Waals surface area contributed by atoms with Crippen LogP contribution in [0, 0.1) is 0 Å². The minimum Gasteiger partial charge on any atom is -0.456 e. The fraction of sp³-hybridized carbons (Fsp3) is 0.538. The third-order valence-corrected chi connectivity index (χ3v) is 3.24. The first kappa shape index (κ1) is 15.5. The normalized spacial score (nSPS) is 11.7. The number of hydrogen-bond acceptors (Lipinski definition) is 4. The van der Waals surface area contributed by atoms with Gasteiger partial charge in [-0.3, -0.25) is 0 Å². The lowest BCUT2D eigenvalue weighted by molar-refractivity contribution is 0.00646. The molecule has 1 rings (SSSR count). The maximum Gasteiger partial charge on any atom is 0.341 e. The number of rotatable bonds is 3. The van der Waals surface area contributed by atoms with Crippen molar-refractivity contribution in [3.05, 3.63) is 22.3 Å². The molecule has 0 unspecified atom stereocenters. The summed E-state index contributed by atoms with van der Waals surface area (Å²) in [5.74, 6) is -0.334. The number of halogens is 1. The van der Waals surface area contributed by atoms with Crippen molar-refractivity contribution in [2.24, 2.45) is 0 Å². The summed E-state index contributed by atoms with van der Waals surface area (Å²) in [6.45, 7) is 9.68. The largest absolute Gasteiger partial charge is 0.456 e. The maximum atomic E-state index is 12.1. The monoisotopic (exact) mass is 331 g/mol. The second kappa shape index (κ2) is 6.06. The number of esters is 1. The van der Waals surface area contributed by atoms with Crippen LogP contribution in [0.2, 0.25) is 0 Å².